The second-order valence-corrected chi connectivity index (χ2v) is 7.57. The Bertz CT molecular complexity index is 639. The van der Waals surface area contributed by atoms with Crippen LogP contribution in [0.5, 0.6) is 0 Å². The fourth-order valence-corrected chi connectivity index (χ4v) is 3.94. The number of nitrogens with zero attached hydrogens (tertiary/aromatic N) is 3. The van der Waals surface area contributed by atoms with Gasteiger partial charge >= 0.3 is 0 Å². The van der Waals surface area contributed by atoms with E-state index in [1.54, 1.807) is 12.4 Å². The molecule has 0 radical (unpaired) electrons. The number of rotatable bonds is 4. The number of aromatic nitrogens is 1. The Balaban J connectivity index is 1.52. The van der Waals surface area contributed by atoms with Crippen molar-refractivity contribution in [2.45, 2.75) is 37.6 Å². The number of carbonyl (C=O) groups excluding carboxylic acids is 2. The Hall–Kier alpha value is -1.95. The molecule has 1 saturated carbocycles. The molecule has 2 aliphatic heterocycles. The summed E-state index contributed by atoms with van der Waals surface area (Å²) in [5.74, 6) is 0.899. The quantitative estimate of drug-likeness (QED) is 0.826. The van der Waals surface area contributed by atoms with Crippen LogP contribution in [0.3, 0.4) is 0 Å². The molecule has 134 valence electrons. The zero-order valence-corrected chi connectivity index (χ0v) is 14.5. The van der Waals surface area contributed by atoms with Crippen LogP contribution in [-0.2, 0) is 20.7 Å². The number of pyridine rings is 1. The average molecular weight is 343 g/mol. The molecule has 3 heterocycles. The standard InChI is InChI=1S/C19H25N3O3/c23-17-5-9-21(18(24)11-15-3-7-20-8-4-15)13-19(6-10-25-14-19)22(17)12-16-1-2-16/h3-4,7-8,16H,1-2,5-6,9-14H2. The minimum Gasteiger partial charge on any atom is -0.379 e. The maximum Gasteiger partial charge on any atom is 0.227 e. The van der Waals surface area contributed by atoms with Crippen molar-refractivity contribution in [2.75, 3.05) is 32.8 Å². The molecule has 2 amide bonds. The molecular weight excluding hydrogens is 318 g/mol. The second kappa shape index (κ2) is 6.75. The van der Waals surface area contributed by atoms with Crippen LogP contribution in [0.4, 0.5) is 0 Å². The largest absolute Gasteiger partial charge is 0.379 e. The Kier molecular flexibility index (Phi) is 4.46. The summed E-state index contributed by atoms with van der Waals surface area (Å²) in [6.07, 6.45) is 7.44. The van der Waals surface area contributed by atoms with Gasteiger partial charge < -0.3 is 14.5 Å². The Labute approximate surface area is 148 Å². The van der Waals surface area contributed by atoms with Crippen LogP contribution in [0.25, 0.3) is 0 Å². The van der Waals surface area contributed by atoms with E-state index in [4.69, 9.17) is 4.74 Å². The van der Waals surface area contributed by atoms with E-state index in [2.05, 4.69) is 9.88 Å². The highest BCUT2D eigenvalue weighted by atomic mass is 16.5. The topological polar surface area (TPSA) is 62.7 Å². The molecule has 3 aliphatic rings. The van der Waals surface area contributed by atoms with Crippen LogP contribution in [0.15, 0.2) is 24.5 Å². The molecular formula is C19H25N3O3. The van der Waals surface area contributed by atoms with Crippen LogP contribution in [0.1, 0.15) is 31.2 Å². The smallest absolute Gasteiger partial charge is 0.227 e. The van der Waals surface area contributed by atoms with Crippen molar-refractivity contribution >= 4 is 11.8 Å². The van der Waals surface area contributed by atoms with Crippen molar-refractivity contribution in [3.63, 3.8) is 0 Å². The average Bonchev–Trinajstić information content (AvgIpc) is 3.35. The third kappa shape index (κ3) is 3.54. The number of ether oxygens (including phenoxy) is 1. The lowest BCUT2D eigenvalue weighted by molar-refractivity contribution is -0.138. The van der Waals surface area contributed by atoms with Crippen LogP contribution in [0.2, 0.25) is 0 Å². The van der Waals surface area contributed by atoms with E-state index in [1.165, 1.54) is 12.8 Å². The highest BCUT2D eigenvalue weighted by Crippen LogP contribution is 2.36. The Morgan fingerprint density at radius 2 is 2.12 bits per heavy atom. The van der Waals surface area contributed by atoms with Crippen molar-refractivity contribution < 1.29 is 14.3 Å². The molecule has 1 spiro atoms. The monoisotopic (exact) mass is 343 g/mol. The third-order valence-electron chi connectivity index (χ3n) is 5.63. The predicted octanol–water partition coefficient (Wildman–Crippen LogP) is 1.25. The zero-order chi connectivity index (χ0) is 17.3. The van der Waals surface area contributed by atoms with E-state index in [9.17, 15) is 9.59 Å². The molecule has 0 aromatic carbocycles. The van der Waals surface area contributed by atoms with E-state index in [0.29, 0.717) is 45.1 Å². The van der Waals surface area contributed by atoms with Crippen molar-refractivity contribution in [3.05, 3.63) is 30.1 Å². The first-order chi connectivity index (χ1) is 12.2. The maximum absolute atomic E-state index is 12.8. The first kappa shape index (κ1) is 16.5. The molecule has 1 atom stereocenters. The summed E-state index contributed by atoms with van der Waals surface area (Å²) in [6, 6.07) is 3.74. The number of carbonyl (C=O) groups is 2. The lowest BCUT2D eigenvalue weighted by Crippen LogP contribution is -2.57. The molecule has 1 aliphatic carbocycles. The van der Waals surface area contributed by atoms with Gasteiger partial charge in [0.15, 0.2) is 0 Å². The number of hydrogen-bond acceptors (Lipinski definition) is 4. The van der Waals surface area contributed by atoms with Gasteiger partial charge in [0.2, 0.25) is 11.8 Å². The van der Waals surface area contributed by atoms with E-state index >= 15 is 0 Å². The van der Waals surface area contributed by atoms with Crippen LogP contribution >= 0.6 is 0 Å². The number of hydrogen-bond donors (Lipinski definition) is 0. The summed E-state index contributed by atoms with van der Waals surface area (Å²) >= 11 is 0. The van der Waals surface area contributed by atoms with Gasteiger partial charge in [0, 0.05) is 45.1 Å². The van der Waals surface area contributed by atoms with Gasteiger partial charge in [-0.25, -0.2) is 0 Å². The van der Waals surface area contributed by atoms with Crippen molar-refractivity contribution in [1.82, 2.24) is 14.8 Å². The van der Waals surface area contributed by atoms with Crippen LogP contribution in [-0.4, -0.2) is 65.0 Å². The summed E-state index contributed by atoms with van der Waals surface area (Å²) in [6.45, 7) is 3.14. The molecule has 4 rings (SSSR count). The molecule has 0 N–H and O–H groups in total. The van der Waals surface area contributed by atoms with Crippen LogP contribution < -0.4 is 0 Å². The maximum atomic E-state index is 12.8. The lowest BCUT2D eigenvalue weighted by atomic mass is 9.94. The van der Waals surface area contributed by atoms with E-state index in [0.717, 1.165) is 18.5 Å². The van der Waals surface area contributed by atoms with Gasteiger partial charge in [-0.2, -0.15) is 0 Å². The van der Waals surface area contributed by atoms with Gasteiger partial charge in [-0.1, -0.05) is 0 Å². The minimum absolute atomic E-state index is 0.0820. The molecule has 1 aromatic heterocycles. The normalized spacial score (nSPS) is 27.0. The molecule has 3 fully saturated rings. The molecule has 2 saturated heterocycles. The van der Waals surface area contributed by atoms with E-state index < -0.39 is 0 Å². The summed E-state index contributed by atoms with van der Waals surface area (Å²) in [5.41, 5.74) is 0.631. The summed E-state index contributed by atoms with van der Waals surface area (Å²) in [7, 11) is 0. The first-order valence-electron chi connectivity index (χ1n) is 9.21. The predicted molar refractivity (Wildman–Crippen MR) is 91.7 cm³/mol. The Morgan fingerprint density at radius 3 is 2.80 bits per heavy atom. The van der Waals surface area contributed by atoms with Gasteiger partial charge in [0.25, 0.3) is 0 Å². The van der Waals surface area contributed by atoms with Crippen molar-refractivity contribution in [1.29, 1.82) is 0 Å². The number of amides is 2. The molecule has 6 heteroatoms. The van der Waals surface area contributed by atoms with Gasteiger partial charge in [0.05, 0.1) is 18.6 Å². The zero-order valence-electron chi connectivity index (χ0n) is 14.5. The molecule has 1 unspecified atom stereocenters. The summed E-state index contributed by atoms with van der Waals surface area (Å²) in [4.78, 5) is 33.6. The lowest BCUT2D eigenvalue weighted by Gasteiger charge is -2.40. The molecule has 25 heavy (non-hydrogen) atoms. The van der Waals surface area contributed by atoms with Gasteiger partial charge in [-0.3, -0.25) is 14.6 Å². The van der Waals surface area contributed by atoms with Crippen molar-refractivity contribution in [3.8, 4) is 0 Å². The first-order valence-corrected chi connectivity index (χ1v) is 9.21. The summed E-state index contributed by atoms with van der Waals surface area (Å²) < 4.78 is 5.68. The van der Waals surface area contributed by atoms with Crippen LogP contribution in [0, 0.1) is 5.92 Å². The summed E-state index contributed by atoms with van der Waals surface area (Å²) in [5, 5.41) is 0. The van der Waals surface area contributed by atoms with Crippen molar-refractivity contribution in [2.24, 2.45) is 5.92 Å². The van der Waals surface area contributed by atoms with Gasteiger partial charge in [-0.15, -0.1) is 0 Å². The van der Waals surface area contributed by atoms with Gasteiger partial charge in [-0.05, 0) is 42.9 Å². The molecule has 1 aromatic rings. The fourth-order valence-electron chi connectivity index (χ4n) is 3.94. The molecule has 0 bridgehead atoms. The SMILES string of the molecule is O=C(Cc1ccncc1)N1CCC(=O)N(CC2CC2)C2(CCOC2)C1. The second-order valence-electron chi connectivity index (χ2n) is 7.57. The Morgan fingerprint density at radius 1 is 1.32 bits per heavy atom. The third-order valence-corrected chi connectivity index (χ3v) is 5.63. The van der Waals surface area contributed by atoms with E-state index in [1.807, 2.05) is 17.0 Å². The molecule has 6 nitrogen and oxygen atoms in total. The minimum atomic E-state index is -0.329. The fraction of sp³-hybridized carbons (Fsp3) is 0.632. The highest BCUT2D eigenvalue weighted by molar-refractivity contribution is 5.82. The highest BCUT2D eigenvalue weighted by Gasteiger charge is 2.48. The van der Waals surface area contributed by atoms with E-state index in [-0.39, 0.29) is 17.4 Å². The van der Waals surface area contributed by atoms with Gasteiger partial charge in [0.1, 0.15) is 0 Å².